The summed E-state index contributed by atoms with van der Waals surface area (Å²) >= 11 is 6.08. The predicted octanol–water partition coefficient (Wildman–Crippen LogP) is 7.38. The van der Waals surface area contributed by atoms with Gasteiger partial charge in [0.2, 0.25) is 0 Å². The highest BCUT2D eigenvalue weighted by Gasteiger charge is 2.45. The van der Waals surface area contributed by atoms with Crippen molar-refractivity contribution in [2.75, 3.05) is 21.2 Å². The molecular weight excluding hydrogens is 501 g/mol. The Balaban J connectivity index is 1.70. The predicted molar refractivity (Wildman–Crippen MR) is 140 cm³/mol. The molecule has 0 bridgehead atoms. The molecular formula is C29H30ClF3N2O2. The fourth-order valence-electron chi connectivity index (χ4n) is 5.30. The van der Waals surface area contributed by atoms with Crippen LogP contribution < -0.4 is 10.1 Å². The molecule has 8 heteroatoms. The van der Waals surface area contributed by atoms with Crippen LogP contribution in [0.15, 0.2) is 66.7 Å². The van der Waals surface area contributed by atoms with E-state index in [-0.39, 0.29) is 11.1 Å². The van der Waals surface area contributed by atoms with E-state index in [2.05, 4.69) is 10.2 Å². The summed E-state index contributed by atoms with van der Waals surface area (Å²) in [7, 11) is 5.58. The van der Waals surface area contributed by atoms with Crippen molar-refractivity contribution < 1.29 is 22.7 Å². The molecule has 3 aromatic rings. The number of halogens is 4. The van der Waals surface area contributed by atoms with Gasteiger partial charge >= 0.3 is 6.18 Å². The Labute approximate surface area is 220 Å². The van der Waals surface area contributed by atoms with Crippen LogP contribution in [-0.4, -0.2) is 37.6 Å². The number of methoxy groups -OCH3 is 1. The highest BCUT2D eigenvalue weighted by molar-refractivity contribution is 6.34. The van der Waals surface area contributed by atoms with Crippen LogP contribution in [0, 0.1) is 0 Å². The molecule has 0 aromatic heterocycles. The number of rotatable bonds is 7. The van der Waals surface area contributed by atoms with Gasteiger partial charge in [0.05, 0.1) is 29.3 Å². The minimum Gasteiger partial charge on any atom is -0.497 e. The monoisotopic (exact) mass is 530 g/mol. The van der Waals surface area contributed by atoms with Crippen molar-refractivity contribution >= 4 is 17.5 Å². The Morgan fingerprint density at radius 2 is 1.54 bits per heavy atom. The standard InChI is InChI=1S/C29H30ClF3N2O2/c1-35(2)28(17-4-5-18-28)26(34-27(36)23-7-6-8-24(25(23)30)29(31,32)33)21-11-9-19(10-12-21)20-13-15-22(37-3)16-14-20/h6-16,26H,4-5,17-18H2,1-3H3,(H,34,36)/t26-/m1/s1. The van der Waals surface area contributed by atoms with Crippen molar-refractivity contribution in [1.82, 2.24) is 10.2 Å². The zero-order valence-electron chi connectivity index (χ0n) is 21.0. The molecule has 1 aliphatic carbocycles. The maximum atomic E-state index is 13.4. The number of ether oxygens (including phenoxy) is 1. The number of carbonyl (C=O) groups excluding carboxylic acids is 1. The third-order valence-corrected chi connectivity index (χ3v) is 7.80. The third kappa shape index (κ3) is 5.48. The number of carbonyl (C=O) groups is 1. The Morgan fingerprint density at radius 3 is 2.05 bits per heavy atom. The fourth-order valence-corrected chi connectivity index (χ4v) is 5.61. The van der Waals surface area contributed by atoms with Crippen LogP contribution in [0.3, 0.4) is 0 Å². The van der Waals surface area contributed by atoms with Crippen LogP contribution in [0.25, 0.3) is 11.1 Å². The molecule has 1 amide bonds. The van der Waals surface area contributed by atoms with Gasteiger partial charge in [-0.3, -0.25) is 4.79 Å². The van der Waals surface area contributed by atoms with Gasteiger partial charge in [-0.1, -0.05) is 66.9 Å². The molecule has 4 nitrogen and oxygen atoms in total. The van der Waals surface area contributed by atoms with E-state index in [0.29, 0.717) is 0 Å². The summed E-state index contributed by atoms with van der Waals surface area (Å²) in [4.78, 5) is 15.5. The molecule has 0 heterocycles. The topological polar surface area (TPSA) is 41.6 Å². The zero-order chi connectivity index (χ0) is 26.8. The number of hydrogen-bond donors (Lipinski definition) is 1. The largest absolute Gasteiger partial charge is 0.497 e. The average molecular weight is 531 g/mol. The van der Waals surface area contributed by atoms with Gasteiger partial charge in [-0.2, -0.15) is 13.2 Å². The first-order chi connectivity index (χ1) is 17.6. The van der Waals surface area contributed by atoms with E-state index in [4.69, 9.17) is 16.3 Å². The van der Waals surface area contributed by atoms with E-state index in [9.17, 15) is 18.0 Å². The van der Waals surface area contributed by atoms with Crippen molar-refractivity contribution in [1.29, 1.82) is 0 Å². The first-order valence-corrected chi connectivity index (χ1v) is 12.5. The van der Waals surface area contributed by atoms with E-state index < -0.39 is 28.7 Å². The van der Waals surface area contributed by atoms with E-state index in [1.54, 1.807) is 7.11 Å². The second-order valence-electron chi connectivity index (χ2n) is 9.63. The maximum absolute atomic E-state index is 13.4. The number of amides is 1. The first kappa shape index (κ1) is 27.0. The Kier molecular flexibility index (Phi) is 7.85. The molecule has 1 aliphatic rings. The lowest BCUT2D eigenvalue weighted by atomic mass is 9.81. The fraction of sp³-hybridized carbons (Fsp3) is 0.345. The van der Waals surface area contributed by atoms with Crippen LogP contribution >= 0.6 is 11.6 Å². The molecule has 196 valence electrons. The Bertz CT molecular complexity index is 1240. The second kappa shape index (κ2) is 10.8. The molecule has 37 heavy (non-hydrogen) atoms. The van der Waals surface area contributed by atoms with Gasteiger partial charge < -0.3 is 15.0 Å². The van der Waals surface area contributed by atoms with Gasteiger partial charge in [0.15, 0.2) is 0 Å². The summed E-state index contributed by atoms with van der Waals surface area (Å²) in [6.45, 7) is 0. The van der Waals surface area contributed by atoms with Crippen LogP contribution in [0.2, 0.25) is 5.02 Å². The lowest BCUT2D eigenvalue weighted by Gasteiger charge is -2.44. The van der Waals surface area contributed by atoms with Gasteiger partial charge in [-0.25, -0.2) is 0 Å². The number of hydrogen-bond acceptors (Lipinski definition) is 3. The smallest absolute Gasteiger partial charge is 0.417 e. The van der Waals surface area contributed by atoms with Gasteiger partial charge in [0, 0.05) is 5.54 Å². The molecule has 0 unspecified atom stereocenters. The summed E-state index contributed by atoms with van der Waals surface area (Å²) in [6.07, 6.45) is -0.957. The highest BCUT2D eigenvalue weighted by Crippen LogP contribution is 2.44. The first-order valence-electron chi connectivity index (χ1n) is 12.2. The number of nitrogens with one attached hydrogen (secondary N) is 1. The van der Waals surface area contributed by atoms with Crippen molar-refractivity contribution in [3.05, 3.63) is 88.4 Å². The van der Waals surface area contributed by atoms with Gasteiger partial charge in [0.1, 0.15) is 5.75 Å². The minimum absolute atomic E-state index is 0.191. The zero-order valence-corrected chi connectivity index (χ0v) is 21.8. The van der Waals surface area contributed by atoms with Gasteiger partial charge in [-0.15, -0.1) is 0 Å². The molecule has 4 rings (SSSR count). The molecule has 0 spiro atoms. The summed E-state index contributed by atoms with van der Waals surface area (Å²) < 4.78 is 45.5. The molecule has 0 saturated heterocycles. The van der Waals surface area contributed by atoms with E-state index in [1.807, 2.05) is 62.6 Å². The molecule has 1 saturated carbocycles. The van der Waals surface area contributed by atoms with Crippen molar-refractivity contribution in [2.45, 2.75) is 43.4 Å². The molecule has 1 atom stereocenters. The lowest BCUT2D eigenvalue weighted by molar-refractivity contribution is -0.137. The SMILES string of the molecule is COc1ccc(-c2ccc([C@@H](NC(=O)c3cccc(C(F)(F)F)c3Cl)C3(N(C)C)CCCC3)cc2)cc1. The lowest BCUT2D eigenvalue weighted by Crippen LogP contribution is -2.53. The number of likely N-dealkylation sites (N-methyl/N-ethyl adjacent to an activating group) is 1. The number of benzene rings is 3. The van der Waals surface area contributed by atoms with Crippen molar-refractivity contribution in [3.8, 4) is 16.9 Å². The molecule has 3 aromatic carbocycles. The summed E-state index contributed by atoms with van der Waals surface area (Å²) in [6, 6.07) is 18.6. The van der Waals surface area contributed by atoms with Gasteiger partial charge in [0.25, 0.3) is 5.91 Å². The van der Waals surface area contributed by atoms with Crippen molar-refractivity contribution in [3.63, 3.8) is 0 Å². The quantitative estimate of drug-likeness (QED) is 0.346. The molecule has 1 N–H and O–H groups in total. The minimum atomic E-state index is -4.65. The third-order valence-electron chi connectivity index (χ3n) is 7.39. The normalized spacial score (nSPS) is 16.0. The number of nitrogens with zero attached hydrogens (tertiary/aromatic N) is 1. The van der Waals surface area contributed by atoms with Crippen LogP contribution in [-0.2, 0) is 6.18 Å². The average Bonchev–Trinajstić information content (AvgIpc) is 3.38. The highest BCUT2D eigenvalue weighted by atomic mass is 35.5. The van der Waals surface area contributed by atoms with Crippen LogP contribution in [0.4, 0.5) is 13.2 Å². The van der Waals surface area contributed by atoms with Gasteiger partial charge in [-0.05, 0) is 67.9 Å². The van der Waals surface area contributed by atoms with E-state index in [0.717, 1.165) is 54.2 Å². The summed E-state index contributed by atoms with van der Waals surface area (Å²) in [5.41, 5.74) is 1.30. The van der Waals surface area contributed by atoms with Crippen molar-refractivity contribution in [2.24, 2.45) is 0 Å². The molecule has 1 fully saturated rings. The summed E-state index contributed by atoms with van der Waals surface area (Å²) in [5, 5.41) is 2.47. The summed E-state index contributed by atoms with van der Waals surface area (Å²) in [5.74, 6) is 0.138. The second-order valence-corrected chi connectivity index (χ2v) is 10.0. The van der Waals surface area contributed by atoms with Crippen LogP contribution in [0.1, 0.15) is 53.2 Å². The molecule has 0 radical (unpaired) electrons. The van der Waals surface area contributed by atoms with E-state index in [1.165, 1.54) is 12.1 Å². The Hall–Kier alpha value is -3.03. The maximum Gasteiger partial charge on any atom is 0.417 e. The molecule has 0 aliphatic heterocycles. The van der Waals surface area contributed by atoms with E-state index >= 15 is 0 Å². The van der Waals surface area contributed by atoms with Crippen LogP contribution in [0.5, 0.6) is 5.75 Å². The number of alkyl halides is 3. The Morgan fingerprint density at radius 1 is 0.973 bits per heavy atom.